The molecule has 2 heterocycles. The highest BCUT2D eigenvalue weighted by atomic mass is 32.2. The van der Waals surface area contributed by atoms with Crippen LogP contribution in [0.5, 0.6) is 0 Å². The van der Waals surface area contributed by atoms with Crippen LogP contribution in [0.1, 0.15) is 53.8 Å². The normalized spacial score (nSPS) is 22.8. The Kier molecular flexibility index (Phi) is 7.00. The van der Waals surface area contributed by atoms with Gasteiger partial charge in [0.05, 0.1) is 4.90 Å². The lowest BCUT2D eigenvalue weighted by atomic mass is 9.88. The fourth-order valence-corrected chi connectivity index (χ4v) is 6.83. The average Bonchev–Trinajstić information content (AvgIpc) is 2.83. The van der Waals surface area contributed by atoms with Crippen molar-refractivity contribution < 1.29 is 18.0 Å². The van der Waals surface area contributed by atoms with Gasteiger partial charge in [-0.1, -0.05) is 50.2 Å². The summed E-state index contributed by atoms with van der Waals surface area (Å²) < 4.78 is 28.0. The second kappa shape index (κ2) is 9.77. The summed E-state index contributed by atoms with van der Waals surface area (Å²) >= 11 is 0. The van der Waals surface area contributed by atoms with Crippen molar-refractivity contribution in [2.75, 3.05) is 26.2 Å². The summed E-state index contributed by atoms with van der Waals surface area (Å²) in [7, 11) is -3.65. The number of rotatable bonds is 5. The first-order chi connectivity index (χ1) is 15.8. The van der Waals surface area contributed by atoms with Gasteiger partial charge < -0.3 is 4.90 Å². The molecule has 176 valence electrons. The lowest BCUT2D eigenvalue weighted by Gasteiger charge is -2.34. The number of amides is 1. The highest BCUT2D eigenvalue weighted by molar-refractivity contribution is 7.89. The zero-order valence-electron chi connectivity index (χ0n) is 19.3. The number of benzene rings is 2. The van der Waals surface area contributed by atoms with E-state index in [9.17, 15) is 18.0 Å². The van der Waals surface area contributed by atoms with Gasteiger partial charge in [0, 0.05) is 43.2 Å². The summed E-state index contributed by atoms with van der Waals surface area (Å²) in [5.74, 6) is 0.478. The highest BCUT2D eigenvalue weighted by Crippen LogP contribution is 2.28. The van der Waals surface area contributed by atoms with Crippen LogP contribution in [0.4, 0.5) is 0 Å². The number of piperidine rings is 2. The number of ketones is 1. The molecule has 2 fully saturated rings. The summed E-state index contributed by atoms with van der Waals surface area (Å²) in [4.78, 5) is 27.8. The molecule has 2 aromatic rings. The van der Waals surface area contributed by atoms with Crippen LogP contribution >= 0.6 is 0 Å². The van der Waals surface area contributed by atoms with Gasteiger partial charge in [0.2, 0.25) is 10.0 Å². The highest BCUT2D eigenvalue weighted by Gasteiger charge is 2.33. The van der Waals surface area contributed by atoms with Gasteiger partial charge in [-0.2, -0.15) is 4.31 Å². The number of hydrogen-bond acceptors (Lipinski definition) is 4. The molecule has 6 nitrogen and oxygen atoms in total. The van der Waals surface area contributed by atoms with E-state index in [0.717, 1.165) is 6.42 Å². The molecule has 2 aliphatic heterocycles. The topological polar surface area (TPSA) is 74.8 Å². The number of likely N-dealkylation sites (tertiary alicyclic amines) is 1. The summed E-state index contributed by atoms with van der Waals surface area (Å²) in [5.41, 5.74) is 1.09. The number of hydrogen-bond donors (Lipinski definition) is 0. The van der Waals surface area contributed by atoms with Gasteiger partial charge in [0.15, 0.2) is 5.78 Å². The second-order valence-corrected chi connectivity index (χ2v) is 11.5. The minimum atomic E-state index is -3.65. The van der Waals surface area contributed by atoms with E-state index in [1.54, 1.807) is 27.4 Å². The third-order valence-electron chi connectivity index (χ3n) is 6.77. The van der Waals surface area contributed by atoms with Crippen molar-refractivity contribution in [1.29, 1.82) is 0 Å². The number of nitrogens with zero attached hydrogens (tertiary/aromatic N) is 2. The third-order valence-corrected chi connectivity index (χ3v) is 8.59. The van der Waals surface area contributed by atoms with Crippen LogP contribution in [0.3, 0.4) is 0 Å². The quantitative estimate of drug-likeness (QED) is 0.620. The zero-order valence-corrected chi connectivity index (χ0v) is 20.1. The number of carbonyl (C=O) groups excluding carboxylic acids is 2. The lowest BCUT2D eigenvalue weighted by Crippen LogP contribution is -2.42. The molecule has 2 atom stereocenters. The SMILES string of the molecule is CC1CC(C)CN(S(=O)(=O)c2cccc(C(=O)N3CCC(C(=O)c4ccccc4)CC3)c2)C1. The van der Waals surface area contributed by atoms with E-state index in [0.29, 0.717) is 62.0 Å². The minimum absolute atomic E-state index is 0.0914. The van der Waals surface area contributed by atoms with Crippen molar-refractivity contribution in [3.05, 3.63) is 65.7 Å². The van der Waals surface area contributed by atoms with E-state index in [2.05, 4.69) is 13.8 Å². The van der Waals surface area contributed by atoms with Crippen LogP contribution in [0, 0.1) is 17.8 Å². The second-order valence-electron chi connectivity index (χ2n) is 9.59. The van der Waals surface area contributed by atoms with Crippen LogP contribution in [0.15, 0.2) is 59.5 Å². The lowest BCUT2D eigenvalue weighted by molar-refractivity contribution is 0.0650. The van der Waals surface area contributed by atoms with Gasteiger partial charge in [0.25, 0.3) is 5.91 Å². The van der Waals surface area contributed by atoms with Gasteiger partial charge in [-0.25, -0.2) is 8.42 Å². The molecule has 0 aliphatic carbocycles. The van der Waals surface area contributed by atoms with Crippen molar-refractivity contribution in [3.63, 3.8) is 0 Å². The van der Waals surface area contributed by atoms with E-state index in [1.165, 1.54) is 6.07 Å². The van der Waals surface area contributed by atoms with Crippen molar-refractivity contribution in [3.8, 4) is 0 Å². The maximum Gasteiger partial charge on any atom is 0.253 e. The van der Waals surface area contributed by atoms with Gasteiger partial charge in [-0.15, -0.1) is 0 Å². The van der Waals surface area contributed by atoms with E-state index in [-0.39, 0.29) is 22.5 Å². The Morgan fingerprint density at radius 2 is 1.45 bits per heavy atom. The predicted octanol–water partition coefficient (Wildman–Crippen LogP) is 4.09. The first-order valence-corrected chi connectivity index (χ1v) is 13.2. The number of sulfonamides is 1. The molecule has 0 bridgehead atoms. The molecule has 2 unspecified atom stereocenters. The largest absolute Gasteiger partial charge is 0.339 e. The molecule has 2 aromatic carbocycles. The van der Waals surface area contributed by atoms with Crippen LogP contribution in [-0.2, 0) is 10.0 Å². The Labute approximate surface area is 196 Å². The molecule has 1 amide bonds. The first kappa shape index (κ1) is 23.6. The maximum atomic E-state index is 13.2. The molecule has 0 saturated carbocycles. The summed E-state index contributed by atoms with van der Waals surface area (Å²) in [6.07, 6.45) is 2.25. The Bertz CT molecular complexity index is 1100. The van der Waals surface area contributed by atoms with Crippen molar-refractivity contribution in [2.45, 2.75) is 38.0 Å². The van der Waals surface area contributed by atoms with Crippen LogP contribution in [-0.4, -0.2) is 55.5 Å². The summed E-state index contributed by atoms with van der Waals surface area (Å²) in [5, 5.41) is 0. The molecule has 0 aromatic heterocycles. The molecule has 0 spiro atoms. The van der Waals surface area contributed by atoms with E-state index < -0.39 is 10.0 Å². The molecule has 0 radical (unpaired) electrons. The molecule has 0 N–H and O–H groups in total. The molecule has 7 heteroatoms. The minimum Gasteiger partial charge on any atom is -0.339 e. The van der Waals surface area contributed by atoms with E-state index in [4.69, 9.17) is 0 Å². The van der Waals surface area contributed by atoms with Crippen LogP contribution in [0.25, 0.3) is 0 Å². The van der Waals surface area contributed by atoms with Gasteiger partial charge >= 0.3 is 0 Å². The van der Waals surface area contributed by atoms with E-state index in [1.807, 2.05) is 30.3 Å². The summed E-state index contributed by atoms with van der Waals surface area (Å²) in [6, 6.07) is 15.6. The molecule has 4 rings (SSSR count). The van der Waals surface area contributed by atoms with Gasteiger partial charge in [-0.3, -0.25) is 9.59 Å². The Hall–Kier alpha value is -2.51. The summed E-state index contributed by atoms with van der Waals surface area (Å²) in [6.45, 7) is 6.14. The zero-order chi connectivity index (χ0) is 23.6. The van der Waals surface area contributed by atoms with Gasteiger partial charge in [-0.05, 0) is 49.3 Å². The van der Waals surface area contributed by atoms with Crippen LogP contribution in [0.2, 0.25) is 0 Å². The van der Waals surface area contributed by atoms with Crippen molar-refractivity contribution in [1.82, 2.24) is 9.21 Å². The van der Waals surface area contributed by atoms with Crippen LogP contribution < -0.4 is 0 Å². The fourth-order valence-electron chi connectivity index (χ4n) is 5.11. The molecular weight excluding hydrogens is 436 g/mol. The standard InChI is InChI=1S/C26H32N2O4S/c1-19-15-20(2)18-28(17-19)33(31,32)24-10-6-9-23(16-24)26(30)27-13-11-22(12-14-27)25(29)21-7-4-3-5-8-21/h3-10,16,19-20,22H,11-15,17-18H2,1-2H3. The number of carbonyl (C=O) groups is 2. The monoisotopic (exact) mass is 468 g/mol. The molecule has 2 aliphatic rings. The number of Topliss-reactive ketones (excluding diaryl/α,β-unsaturated/α-hetero) is 1. The average molecular weight is 469 g/mol. The van der Waals surface area contributed by atoms with Gasteiger partial charge in [0.1, 0.15) is 0 Å². The third kappa shape index (κ3) is 5.20. The molecule has 33 heavy (non-hydrogen) atoms. The Morgan fingerprint density at radius 1 is 0.848 bits per heavy atom. The first-order valence-electron chi connectivity index (χ1n) is 11.7. The maximum absolute atomic E-state index is 13.2. The fraction of sp³-hybridized carbons (Fsp3) is 0.462. The Balaban J connectivity index is 1.44. The Morgan fingerprint density at radius 3 is 2.09 bits per heavy atom. The van der Waals surface area contributed by atoms with E-state index >= 15 is 0 Å². The molecule has 2 saturated heterocycles. The smallest absolute Gasteiger partial charge is 0.253 e. The van der Waals surface area contributed by atoms with Crippen molar-refractivity contribution >= 4 is 21.7 Å². The van der Waals surface area contributed by atoms with Crippen molar-refractivity contribution in [2.24, 2.45) is 17.8 Å². The molecular formula is C26H32N2O4S. The predicted molar refractivity (Wildman–Crippen MR) is 128 cm³/mol.